The largest absolute Gasteiger partial charge is 0.496 e. The molecule has 0 spiro atoms. The van der Waals surface area contributed by atoms with E-state index in [1.165, 1.54) is 0 Å². The van der Waals surface area contributed by atoms with Crippen molar-refractivity contribution in [1.82, 2.24) is 0 Å². The van der Waals surface area contributed by atoms with Crippen molar-refractivity contribution in [2.24, 2.45) is 0 Å². The molecule has 0 fully saturated rings. The fraction of sp³-hybridized carbons (Fsp3) is 0.500. The second-order valence-corrected chi connectivity index (χ2v) is 4.21. The van der Waals surface area contributed by atoms with Crippen molar-refractivity contribution in [2.75, 3.05) is 0 Å². The molecule has 0 saturated heterocycles. The highest BCUT2D eigenvalue weighted by Gasteiger charge is 2.28. The Balaban J connectivity index is 4.28. The summed E-state index contributed by atoms with van der Waals surface area (Å²) in [5.41, 5.74) is -0.843. The lowest BCUT2D eigenvalue weighted by Gasteiger charge is -2.25. The van der Waals surface area contributed by atoms with Crippen molar-refractivity contribution in [3.63, 3.8) is 0 Å². The Hall–Kier alpha value is -0.450. The van der Waals surface area contributed by atoms with Gasteiger partial charge in [-0.3, -0.25) is 0 Å². The van der Waals surface area contributed by atoms with E-state index in [4.69, 9.17) is 9.79 Å². The van der Waals surface area contributed by atoms with Gasteiger partial charge in [0.25, 0.3) is 0 Å². The van der Waals surface area contributed by atoms with Gasteiger partial charge in [-0.1, -0.05) is 12.2 Å². The van der Waals surface area contributed by atoms with Crippen molar-refractivity contribution in [1.29, 1.82) is 0 Å². The van der Waals surface area contributed by atoms with E-state index in [1.54, 1.807) is 19.1 Å². The zero-order chi connectivity index (χ0) is 11.2. The molecule has 0 aromatic heterocycles. The average molecular weight is 222 g/mol. The third-order valence-electron chi connectivity index (χ3n) is 1.49. The number of phosphoric acid groups is 1. The molecule has 5 nitrogen and oxygen atoms in total. The first-order valence-electron chi connectivity index (χ1n) is 3.98. The van der Waals surface area contributed by atoms with Gasteiger partial charge in [-0.05, 0) is 19.8 Å². The monoisotopic (exact) mass is 222 g/mol. The molecule has 0 amide bonds. The zero-order valence-corrected chi connectivity index (χ0v) is 8.94. The number of rotatable bonds is 7. The third kappa shape index (κ3) is 6.07. The van der Waals surface area contributed by atoms with Gasteiger partial charge in [0.1, 0.15) is 5.60 Å². The minimum absolute atomic E-state index is 0.402. The Morgan fingerprint density at radius 2 is 1.79 bits per heavy atom. The molecule has 2 N–H and O–H groups in total. The van der Waals surface area contributed by atoms with Crippen LogP contribution in [-0.4, -0.2) is 15.4 Å². The lowest BCUT2D eigenvalue weighted by Crippen LogP contribution is -2.27. The molecule has 0 radical (unpaired) electrons. The average Bonchev–Trinajstić information content (AvgIpc) is 2.01. The first-order chi connectivity index (χ1) is 6.33. The summed E-state index contributed by atoms with van der Waals surface area (Å²) in [4.78, 5) is 21.5. The van der Waals surface area contributed by atoms with Gasteiger partial charge in [0.2, 0.25) is 0 Å². The quantitative estimate of drug-likeness (QED) is 0.298. The van der Waals surface area contributed by atoms with Gasteiger partial charge in [0.15, 0.2) is 0 Å². The Morgan fingerprint density at radius 1 is 1.36 bits per heavy atom. The molecular weight excluding hydrogens is 207 g/mol. The van der Waals surface area contributed by atoms with Crippen molar-refractivity contribution in [3.8, 4) is 0 Å². The second-order valence-electron chi connectivity index (χ2n) is 3.08. The summed E-state index contributed by atoms with van der Waals surface area (Å²) in [6.45, 7) is 8.66. The molecule has 0 aromatic carbocycles. The number of hydrogen-bond donors (Lipinski definition) is 2. The molecule has 0 atom stereocenters. The summed E-state index contributed by atoms with van der Waals surface area (Å²) < 4.78 is 14.4. The van der Waals surface area contributed by atoms with Crippen LogP contribution in [0.3, 0.4) is 0 Å². The van der Waals surface area contributed by atoms with E-state index in [2.05, 4.69) is 22.7 Å². The van der Waals surface area contributed by atoms with E-state index in [1.807, 2.05) is 0 Å². The van der Waals surface area contributed by atoms with Crippen molar-refractivity contribution < 1.29 is 23.9 Å². The van der Waals surface area contributed by atoms with Crippen LogP contribution in [0.5, 0.6) is 0 Å². The van der Waals surface area contributed by atoms with Gasteiger partial charge in [-0.25, -0.2) is 9.45 Å². The SMILES string of the molecule is C=CCC(C)(CC=C)OOP(=O)(O)O. The van der Waals surface area contributed by atoms with Crippen LogP contribution in [0.4, 0.5) is 0 Å². The first kappa shape index (κ1) is 13.5. The normalized spacial score (nSPS) is 12.5. The lowest BCUT2D eigenvalue weighted by atomic mass is 9.98. The summed E-state index contributed by atoms with van der Waals surface area (Å²) in [6.07, 6.45) is 3.96. The number of hydrogen-bond acceptors (Lipinski definition) is 3. The van der Waals surface area contributed by atoms with Crippen LogP contribution in [-0.2, 0) is 14.1 Å². The van der Waals surface area contributed by atoms with E-state index < -0.39 is 13.4 Å². The van der Waals surface area contributed by atoms with Gasteiger partial charge in [-0.2, -0.15) is 0 Å². The van der Waals surface area contributed by atoms with Gasteiger partial charge in [0.05, 0.1) is 0 Å². The maximum Gasteiger partial charge on any atom is 0.496 e. The van der Waals surface area contributed by atoms with Gasteiger partial charge >= 0.3 is 7.82 Å². The summed E-state index contributed by atoms with van der Waals surface area (Å²) in [6, 6.07) is 0. The van der Waals surface area contributed by atoms with Gasteiger partial charge < -0.3 is 9.79 Å². The highest BCUT2D eigenvalue weighted by molar-refractivity contribution is 7.46. The van der Waals surface area contributed by atoms with Gasteiger partial charge in [-0.15, -0.1) is 17.8 Å². The molecule has 0 heterocycles. The smallest absolute Gasteiger partial charge is 0.301 e. The Bertz CT molecular complexity index is 234. The van der Waals surface area contributed by atoms with Crippen LogP contribution in [0.1, 0.15) is 19.8 Å². The van der Waals surface area contributed by atoms with Crippen LogP contribution in [0.2, 0.25) is 0 Å². The van der Waals surface area contributed by atoms with Crippen LogP contribution < -0.4 is 0 Å². The maximum absolute atomic E-state index is 10.4. The minimum atomic E-state index is -4.60. The zero-order valence-electron chi connectivity index (χ0n) is 8.05. The molecule has 82 valence electrons. The van der Waals surface area contributed by atoms with Crippen LogP contribution in [0.15, 0.2) is 25.3 Å². The second kappa shape index (κ2) is 5.44. The molecular formula is C8H15O5P. The summed E-state index contributed by atoms with van der Waals surface area (Å²) in [5.74, 6) is 0. The van der Waals surface area contributed by atoms with Crippen molar-refractivity contribution in [2.45, 2.75) is 25.4 Å². The standard InChI is InChI=1S/C8H15O5P/c1-4-6-8(3,7-5-2)12-13-14(9,10)11/h4-5H,1-2,6-7H2,3H3,(H2,9,10,11). The molecule has 0 bridgehead atoms. The molecule has 0 unspecified atom stereocenters. The topological polar surface area (TPSA) is 76.0 Å². The predicted octanol–water partition coefficient (Wildman–Crippen LogP) is 1.94. The van der Waals surface area contributed by atoms with Gasteiger partial charge in [0, 0.05) is 0 Å². The molecule has 6 heteroatoms. The molecule has 0 saturated carbocycles. The first-order valence-corrected chi connectivity index (χ1v) is 5.51. The van der Waals surface area contributed by atoms with E-state index in [0.717, 1.165) is 0 Å². The van der Waals surface area contributed by atoms with E-state index in [-0.39, 0.29) is 0 Å². The highest BCUT2D eigenvalue weighted by atomic mass is 31.2. The molecule has 14 heavy (non-hydrogen) atoms. The van der Waals surface area contributed by atoms with Crippen LogP contribution in [0, 0.1) is 0 Å². The molecule has 0 aromatic rings. The van der Waals surface area contributed by atoms with E-state index in [9.17, 15) is 4.57 Å². The van der Waals surface area contributed by atoms with E-state index >= 15 is 0 Å². The Kier molecular flexibility index (Phi) is 5.26. The molecule has 0 aliphatic heterocycles. The summed E-state index contributed by atoms with van der Waals surface area (Å²) in [5, 5.41) is 0. The van der Waals surface area contributed by atoms with Crippen LogP contribution >= 0.6 is 7.82 Å². The highest BCUT2D eigenvalue weighted by Crippen LogP contribution is 2.39. The minimum Gasteiger partial charge on any atom is -0.301 e. The maximum atomic E-state index is 10.4. The Morgan fingerprint density at radius 3 is 2.07 bits per heavy atom. The van der Waals surface area contributed by atoms with Crippen molar-refractivity contribution in [3.05, 3.63) is 25.3 Å². The fourth-order valence-corrected chi connectivity index (χ4v) is 1.18. The van der Waals surface area contributed by atoms with Crippen molar-refractivity contribution >= 4 is 7.82 Å². The van der Waals surface area contributed by atoms with Crippen LogP contribution in [0.25, 0.3) is 0 Å². The molecule has 0 aliphatic rings. The summed E-state index contributed by atoms with van der Waals surface area (Å²) in [7, 11) is -4.60. The summed E-state index contributed by atoms with van der Waals surface area (Å²) >= 11 is 0. The molecule has 0 rings (SSSR count). The fourth-order valence-electron chi connectivity index (χ4n) is 0.901. The third-order valence-corrected chi connectivity index (χ3v) is 1.76. The lowest BCUT2D eigenvalue weighted by molar-refractivity contribution is -0.295. The molecule has 0 aliphatic carbocycles. The van der Waals surface area contributed by atoms with E-state index in [0.29, 0.717) is 12.8 Å². The predicted molar refractivity (Wildman–Crippen MR) is 52.2 cm³/mol. The Labute approximate surface area is 83.2 Å².